The van der Waals surface area contributed by atoms with E-state index in [4.69, 9.17) is 16.3 Å². The lowest BCUT2D eigenvalue weighted by molar-refractivity contribution is -0.143. The normalized spacial score (nSPS) is 10.1. The summed E-state index contributed by atoms with van der Waals surface area (Å²) in [5.41, 5.74) is 0.526. The number of benzene rings is 1. The van der Waals surface area contributed by atoms with Crippen LogP contribution in [0.4, 0.5) is 0 Å². The molecule has 0 unspecified atom stereocenters. The first-order valence-corrected chi connectivity index (χ1v) is 6.66. The number of carbonyl (C=O) groups is 2. The van der Waals surface area contributed by atoms with Crippen LogP contribution < -0.4 is 0 Å². The third kappa shape index (κ3) is 4.91. The molecule has 104 valence electrons. The van der Waals surface area contributed by atoms with Crippen molar-refractivity contribution >= 4 is 23.5 Å². The molecule has 0 aliphatic rings. The fourth-order valence-electron chi connectivity index (χ4n) is 1.67. The lowest BCUT2D eigenvalue weighted by Crippen LogP contribution is -2.33. The molecular weight excluding hydrogens is 266 g/mol. The molecule has 0 aliphatic carbocycles. The number of esters is 1. The van der Waals surface area contributed by atoms with Crippen molar-refractivity contribution in [1.29, 1.82) is 0 Å². The molecule has 1 aromatic rings. The van der Waals surface area contributed by atoms with Crippen LogP contribution in [0.25, 0.3) is 0 Å². The Kier molecular flexibility index (Phi) is 6.36. The van der Waals surface area contributed by atoms with E-state index in [1.54, 1.807) is 36.1 Å². The minimum absolute atomic E-state index is 0.130. The maximum atomic E-state index is 12.2. The summed E-state index contributed by atoms with van der Waals surface area (Å²) in [5, 5.41) is 0.521. The number of rotatable bonds is 6. The summed E-state index contributed by atoms with van der Waals surface area (Å²) in [7, 11) is 0. The number of halogens is 1. The van der Waals surface area contributed by atoms with Crippen molar-refractivity contribution in [3.63, 3.8) is 0 Å². The molecule has 0 atom stereocenters. The smallest absolute Gasteiger partial charge is 0.307 e. The van der Waals surface area contributed by atoms with E-state index >= 15 is 0 Å². The van der Waals surface area contributed by atoms with Gasteiger partial charge >= 0.3 is 5.97 Å². The van der Waals surface area contributed by atoms with Gasteiger partial charge in [-0.1, -0.05) is 17.7 Å². The van der Waals surface area contributed by atoms with Gasteiger partial charge in [-0.2, -0.15) is 0 Å². The summed E-state index contributed by atoms with van der Waals surface area (Å²) in [6.45, 7) is 4.86. The molecule has 0 N–H and O–H groups in total. The van der Waals surface area contributed by atoms with E-state index in [9.17, 15) is 9.59 Å². The van der Waals surface area contributed by atoms with Crippen LogP contribution in [0.3, 0.4) is 0 Å². The highest BCUT2D eigenvalue weighted by atomic mass is 35.5. The van der Waals surface area contributed by atoms with E-state index in [0.717, 1.165) is 0 Å². The highest BCUT2D eigenvalue weighted by molar-refractivity contribution is 6.30. The third-order valence-corrected chi connectivity index (χ3v) is 2.87. The zero-order chi connectivity index (χ0) is 14.3. The molecule has 1 amide bonds. The Bertz CT molecular complexity index is 448. The van der Waals surface area contributed by atoms with Crippen molar-refractivity contribution in [2.24, 2.45) is 0 Å². The van der Waals surface area contributed by atoms with Gasteiger partial charge in [0.2, 0.25) is 0 Å². The van der Waals surface area contributed by atoms with Crippen molar-refractivity contribution in [1.82, 2.24) is 4.90 Å². The molecule has 0 fully saturated rings. The molecule has 0 aliphatic heterocycles. The van der Waals surface area contributed by atoms with Crippen LogP contribution >= 0.6 is 11.6 Å². The second kappa shape index (κ2) is 7.79. The van der Waals surface area contributed by atoms with Gasteiger partial charge in [-0.15, -0.1) is 0 Å². The Balaban J connectivity index is 2.64. The van der Waals surface area contributed by atoms with Crippen LogP contribution in [0.15, 0.2) is 24.3 Å². The summed E-state index contributed by atoms with van der Waals surface area (Å²) in [6.07, 6.45) is 0.202. The van der Waals surface area contributed by atoms with Gasteiger partial charge in [0.1, 0.15) is 0 Å². The van der Waals surface area contributed by atoms with Gasteiger partial charge in [-0.3, -0.25) is 9.59 Å². The zero-order valence-electron chi connectivity index (χ0n) is 11.2. The van der Waals surface area contributed by atoms with E-state index in [-0.39, 0.29) is 18.3 Å². The number of ether oxygens (including phenoxy) is 1. The quantitative estimate of drug-likeness (QED) is 0.754. The van der Waals surface area contributed by atoms with Gasteiger partial charge in [0.25, 0.3) is 5.91 Å². The number of amides is 1. The standard InChI is InChI=1S/C14H18ClNO3/c1-3-16(9-8-13(17)19-4-2)14(18)11-6-5-7-12(15)10-11/h5-7,10H,3-4,8-9H2,1-2H3. The first-order valence-electron chi connectivity index (χ1n) is 6.29. The number of nitrogens with zero attached hydrogens (tertiary/aromatic N) is 1. The van der Waals surface area contributed by atoms with Crippen molar-refractivity contribution in [2.75, 3.05) is 19.7 Å². The van der Waals surface area contributed by atoms with Gasteiger partial charge in [0.05, 0.1) is 13.0 Å². The lowest BCUT2D eigenvalue weighted by Gasteiger charge is -2.20. The lowest BCUT2D eigenvalue weighted by atomic mass is 10.2. The van der Waals surface area contributed by atoms with E-state index in [0.29, 0.717) is 30.3 Å². The molecule has 0 heterocycles. The first-order chi connectivity index (χ1) is 9.08. The van der Waals surface area contributed by atoms with Gasteiger partial charge in [-0.05, 0) is 32.0 Å². The van der Waals surface area contributed by atoms with Crippen LogP contribution in [0.1, 0.15) is 30.6 Å². The summed E-state index contributed by atoms with van der Waals surface area (Å²) in [4.78, 5) is 25.1. The van der Waals surface area contributed by atoms with Crippen LogP contribution in [-0.2, 0) is 9.53 Å². The zero-order valence-corrected chi connectivity index (χ0v) is 11.9. The molecule has 0 spiro atoms. The molecule has 1 rings (SSSR count). The second-order valence-corrected chi connectivity index (χ2v) is 4.39. The summed E-state index contributed by atoms with van der Waals surface area (Å²) in [6, 6.07) is 6.78. The molecule has 0 saturated heterocycles. The molecule has 0 aromatic heterocycles. The molecule has 5 heteroatoms. The largest absolute Gasteiger partial charge is 0.466 e. The van der Waals surface area contributed by atoms with E-state index in [1.807, 2.05) is 6.92 Å². The monoisotopic (exact) mass is 283 g/mol. The van der Waals surface area contributed by atoms with Crippen LogP contribution in [0.5, 0.6) is 0 Å². The molecule has 19 heavy (non-hydrogen) atoms. The molecule has 0 radical (unpaired) electrons. The molecule has 1 aromatic carbocycles. The average Bonchev–Trinajstić information content (AvgIpc) is 2.39. The third-order valence-electron chi connectivity index (χ3n) is 2.63. The van der Waals surface area contributed by atoms with Gasteiger partial charge in [0, 0.05) is 23.7 Å². The Morgan fingerprint density at radius 1 is 1.32 bits per heavy atom. The van der Waals surface area contributed by atoms with Crippen molar-refractivity contribution in [3.05, 3.63) is 34.9 Å². The molecule has 0 bridgehead atoms. The number of hydrogen-bond donors (Lipinski definition) is 0. The highest BCUT2D eigenvalue weighted by Crippen LogP contribution is 2.13. The Hall–Kier alpha value is -1.55. The second-order valence-electron chi connectivity index (χ2n) is 3.95. The summed E-state index contributed by atoms with van der Waals surface area (Å²) >= 11 is 5.86. The molecule has 4 nitrogen and oxygen atoms in total. The predicted octanol–water partition coefficient (Wildman–Crippen LogP) is 2.76. The average molecular weight is 284 g/mol. The fourth-order valence-corrected chi connectivity index (χ4v) is 1.86. The maximum absolute atomic E-state index is 12.2. The minimum atomic E-state index is -0.292. The SMILES string of the molecule is CCOC(=O)CCN(CC)C(=O)c1cccc(Cl)c1. The Morgan fingerprint density at radius 3 is 2.63 bits per heavy atom. The molecule has 0 saturated carbocycles. The Morgan fingerprint density at radius 2 is 2.05 bits per heavy atom. The number of hydrogen-bond acceptors (Lipinski definition) is 3. The van der Waals surface area contributed by atoms with Crippen LogP contribution in [-0.4, -0.2) is 36.5 Å². The maximum Gasteiger partial charge on any atom is 0.307 e. The summed E-state index contributed by atoms with van der Waals surface area (Å²) in [5.74, 6) is -0.422. The van der Waals surface area contributed by atoms with Crippen molar-refractivity contribution in [2.45, 2.75) is 20.3 Å². The van der Waals surface area contributed by atoms with E-state index in [2.05, 4.69) is 0 Å². The van der Waals surface area contributed by atoms with E-state index < -0.39 is 0 Å². The van der Waals surface area contributed by atoms with Crippen LogP contribution in [0.2, 0.25) is 5.02 Å². The van der Waals surface area contributed by atoms with E-state index in [1.165, 1.54) is 0 Å². The minimum Gasteiger partial charge on any atom is -0.466 e. The van der Waals surface area contributed by atoms with Gasteiger partial charge in [0.15, 0.2) is 0 Å². The summed E-state index contributed by atoms with van der Waals surface area (Å²) < 4.78 is 4.84. The van der Waals surface area contributed by atoms with Crippen molar-refractivity contribution < 1.29 is 14.3 Å². The first kappa shape index (κ1) is 15.5. The number of carbonyl (C=O) groups excluding carboxylic acids is 2. The predicted molar refractivity (Wildman–Crippen MR) is 74.3 cm³/mol. The van der Waals surface area contributed by atoms with Crippen LogP contribution in [0, 0.1) is 0 Å². The van der Waals surface area contributed by atoms with Crippen molar-refractivity contribution in [3.8, 4) is 0 Å². The van der Waals surface area contributed by atoms with Gasteiger partial charge < -0.3 is 9.64 Å². The fraction of sp³-hybridized carbons (Fsp3) is 0.429. The molecular formula is C14H18ClNO3. The van der Waals surface area contributed by atoms with Gasteiger partial charge in [-0.25, -0.2) is 0 Å². The topological polar surface area (TPSA) is 46.6 Å². The highest BCUT2D eigenvalue weighted by Gasteiger charge is 2.15. The Labute approximate surface area is 118 Å².